The highest BCUT2D eigenvalue weighted by molar-refractivity contribution is 5.85. The molecule has 0 heterocycles. The molecule has 0 fully saturated rings. The third-order valence-corrected chi connectivity index (χ3v) is 3.56. The topological polar surface area (TPSA) is 67.4 Å². The molecule has 132 valence electrons. The van der Waals surface area contributed by atoms with Gasteiger partial charge in [0, 0.05) is 6.54 Å². The van der Waals surface area contributed by atoms with Gasteiger partial charge in [0.1, 0.15) is 5.75 Å². The van der Waals surface area contributed by atoms with Crippen molar-refractivity contribution in [1.29, 1.82) is 0 Å². The van der Waals surface area contributed by atoms with Crippen molar-refractivity contribution in [1.82, 2.24) is 10.6 Å². The van der Waals surface area contributed by atoms with E-state index in [1.165, 1.54) is 0 Å². The van der Waals surface area contributed by atoms with Crippen LogP contribution in [-0.2, 0) is 16.0 Å². The Bertz CT molecular complexity index is 645. The Labute approximate surface area is 148 Å². The molecule has 25 heavy (non-hydrogen) atoms. The summed E-state index contributed by atoms with van der Waals surface area (Å²) in [5.74, 6) is 0.524. The average molecular weight is 340 g/mol. The van der Waals surface area contributed by atoms with E-state index in [1.807, 2.05) is 60.7 Å². The van der Waals surface area contributed by atoms with E-state index in [9.17, 15) is 9.59 Å². The molecule has 0 aliphatic rings. The first-order valence-corrected chi connectivity index (χ1v) is 8.49. The predicted molar refractivity (Wildman–Crippen MR) is 97.3 cm³/mol. The zero-order chi connectivity index (χ0) is 17.7. The fourth-order valence-electron chi connectivity index (χ4n) is 2.25. The van der Waals surface area contributed by atoms with Gasteiger partial charge in [-0.25, -0.2) is 0 Å². The van der Waals surface area contributed by atoms with Crippen molar-refractivity contribution in [2.45, 2.75) is 19.3 Å². The van der Waals surface area contributed by atoms with E-state index in [2.05, 4.69) is 10.6 Å². The molecule has 5 heteroatoms. The molecule has 2 N–H and O–H groups in total. The van der Waals surface area contributed by atoms with Gasteiger partial charge in [-0.1, -0.05) is 48.5 Å². The molecule has 0 saturated carbocycles. The van der Waals surface area contributed by atoms with Gasteiger partial charge in [-0.2, -0.15) is 0 Å². The maximum Gasteiger partial charge on any atom is 0.239 e. The normalized spacial score (nSPS) is 10.1. The number of amides is 2. The van der Waals surface area contributed by atoms with E-state index in [1.54, 1.807) is 0 Å². The highest BCUT2D eigenvalue weighted by atomic mass is 16.5. The number of hydrogen-bond acceptors (Lipinski definition) is 3. The molecule has 0 atom stereocenters. The highest BCUT2D eigenvalue weighted by Crippen LogP contribution is 2.08. The Morgan fingerprint density at radius 1 is 0.800 bits per heavy atom. The molecule has 2 amide bonds. The zero-order valence-electron chi connectivity index (χ0n) is 14.2. The SMILES string of the molecule is O=C(CNC(=O)Cc1ccccc1)NCCCCOc1ccccc1. The van der Waals surface area contributed by atoms with E-state index < -0.39 is 0 Å². The lowest BCUT2D eigenvalue weighted by molar-refractivity contribution is -0.125. The molecule has 0 saturated heterocycles. The second kappa shape index (κ2) is 10.9. The number of ether oxygens (including phenoxy) is 1. The van der Waals surface area contributed by atoms with E-state index >= 15 is 0 Å². The second-order valence-electron chi connectivity index (χ2n) is 5.66. The third kappa shape index (κ3) is 8.01. The van der Waals surface area contributed by atoms with E-state index in [-0.39, 0.29) is 24.8 Å². The van der Waals surface area contributed by atoms with Crippen LogP contribution in [0.25, 0.3) is 0 Å². The minimum absolute atomic E-state index is 0.00613. The van der Waals surface area contributed by atoms with Crippen molar-refractivity contribution >= 4 is 11.8 Å². The van der Waals surface area contributed by atoms with Gasteiger partial charge in [0.05, 0.1) is 19.6 Å². The van der Waals surface area contributed by atoms with E-state index in [4.69, 9.17) is 4.74 Å². The molecular weight excluding hydrogens is 316 g/mol. The van der Waals surface area contributed by atoms with Gasteiger partial charge in [-0.05, 0) is 30.5 Å². The van der Waals surface area contributed by atoms with Crippen LogP contribution in [0.1, 0.15) is 18.4 Å². The van der Waals surface area contributed by atoms with Gasteiger partial charge < -0.3 is 15.4 Å². The van der Waals surface area contributed by atoms with Crippen LogP contribution in [0.3, 0.4) is 0 Å². The van der Waals surface area contributed by atoms with Crippen molar-refractivity contribution < 1.29 is 14.3 Å². The van der Waals surface area contributed by atoms with Crippen molar-refractivity contribution in [3.8, 4) is 5.75 Å². The summed E-state index contributed by atoms with van der Waals surface area (Å²) in [5.41, 5.74) is 0.929. The number of carbonyl (C=O) groups excluding carboxylic acids is 2. The predicted octanol–water partition coefficient (Wildman–Crippen LogP) is 2.32. The molecule has 0 spiro atoms. The van der Waals surface area contributed by atoms with Crippen molar-refractivity contribution in [3.05, 3.63) is 66.2 Å². The van der Waals surface area contributed by atoms with Crippen molar-refractivity contribution in [3.63, 3.8) is 0 Å². The molecule has 2 rings (SSSR count). The lowest BCUT2D eigenvalue weighted by Crippen LogP contribution is -2.37. The summed E-state index contributed by atoms with van der Waals surface area (Å²) in [6.07, 6.45) is 1.97. The van der Waals surface area contributed by atoms with Crippen LogP contribution in [0.2, 0.25) is 0 Å². The van der Waals surface area contributed by atoms with Gasteiger partial charge in [0.15, 0.2) is 0 Å². The largest absolute Gasteiger partial charge is 0.494 e. The maximum absolute atomic E-state index is 11.8. The lowest BCUT2D eigenvalue weighted by atomic mass is 10.1. The average Bonchev–Trinajstić information content (AvgIpc) is 2.64. The Morgan fingerprint density at radius 3 is 2.20 bits per heavy atom. The van der Waals surface area contributed by atoms with Crippen LogP contribution in [0.5, 0.6) is 5.75 Å². The molecule has 0 radical (unpaired) electrons. The van der Waals surface area contributed by atoms with Crippen LogP contribution < -0.4 is 15.4 Å². The van der Waals surface area contributed by atoms with Gasteiger partial charge in [-0.15, -0.1) is 0 Å². The second-order valence-corrected chi connectivity index (χ2v) is 5.66. The highest BCUT2D eigenvalue weighted by Gasteiger charge is 2.06. The Hall–Kier alpha value is -2.82. The van der Waals surface area contributed by atoms with Crippen molar-refractivity contribution in [2.24, 2.45) is 0 Å². The lowest BCUT2D eigenvalue weighted by Gasteiger charge is -2.08. The zero-order valence-corrected chi connectivity index (χ0v) is 14.2. The summed E-state index contributed by atoms with van der Waals surface area (Å²) in [4.78, 5) is 23.5. The summed E-state index contributed by atoms with van der Waals surface area (Å²) in [7, 11) is 0. The summed E-state index contributed by atoms with van der Waals surface area (Å²) in [5, 5.41) is 5.42. The molecule has 5 nitrogen and oxygen atoms in total. The molecule has 0 bridgehead atoms. The third-order valence-electron chi connectivity index (χ3n) is 3.56. The smallest absolute Gasteiger partial charge is 0.239 e. The van der Waals surface area contributed by atoms with Gasteiger partial charge in [-0.3, -0.25) is 9.59 Å². The van der Waals surface area contributed by atoms with E-state index in [0.29, 0.717) is 13.2 Å². The van der Waals surface area contributed by atoms with Gasteiger partial charge in [0.25, 0.3) is 0 Å². The summed E-state index contributed by atoms with van der Waals surface area (Å²) < 4.78 is 5.58. The first kappa shape index (κ1) is 18.5. The van der Waals surface area contributed by atoms with Gasteiger partial charge in [0.2, 0.25) is 11.8 Å². The fourth-order valence-corrected chi connectivity index (χ4v) is 2.25. The summed E-state index contributed by atoms with van der Waals surface area (Å²) >= 11 is 0. The quantitative estimate of drug-likeness (QED) is 0.652. The van der Waals surface area contributed by atoms with Crippen LogP contribution in [0, 0.1) is 0 Å². The van der Waals surface area contributed by atoms with Crippen LogP contribution in [-0.4, -0.2) is 31.5 Å². The Balaban J connectivity index is 1.49. The molecule has 2 aromatic carbocycles. The number of carbonyl (C=O) groups is 2. The fraction of sp³-hybridized carbons (Fsp3) is 0.300. The number of unbranched alkanes of at least 4 members (excludes halogenated alkanes) is 1. The van der Waals surface area contributed by atoms with Crippen LogP contribution in [0.15, 0.2) is 60.7 Å². The summed E-state index contributed by atoms with van der Waals surface area (Å²) in [6.45, 7) is 1.20. The number of nitrogens with one attached hydrogen (secondary N) is 2. The number of para-hydroxylation sites is 1. The number of rotatable bonds is 10. The molecular formula is C20H24N2O3. The standard InChI is InChI=1S/C20H24N2O3/c23-19(15-17-9-3-1-4-10-17)22-16-20(24)21-13-7-8-14-25-18-11-5-2-6-12-18/h1-6,9-12H,7-8,13-16H2,(H,21,24)(H,22,23). The monoisotopic (exact) mass is 340 g/mol. The van der Waals surface area contributed by atoms with E-state index in [0.717, 1.165) is 24.2 Å². The van der Waals surface area contributed by atoms with Crippen LogP contribution >= 0.6 is 0 Å². The first-order valence-electron chi connectivity index (χ1n) is 8.49. The minimum atomic E-state index is -0.176. The Morgan fingerprint density at radius 2 is 1.48 bits per heavy atom. The maximum atomic E-state index is 11.8. The Kier molecular flexibility index (Phi) is 8.05. The number of hydrogen-bond donors (Lipinski definition) is 2. The first-order chi connectivity index (χ1) is 12.2. The van der Waals surface area contributed by atoms with Crippen LogP contribution in [0.4, 0.5) is 0 Å². The molecule has 0 aliphatic carbocycles. The number of benzene rings is 2. The molecule has 0 aliphatic heterocycles. The summed E-state index contributed by atoms with van der Waals surface area (Å²) in [6, 6.07) is 19.1. The molecule has 0 unspecified atom stereocenters. The molecule has 2 aromatic rings. The molecule has 0 aromatic heterocycles. The van der Waals surface area contributed by atoms with Crippen molar-refractivity contribution in [2.75, 3.05) is 19.7 Å². The van der Waals surface area contributed by atoms with Gasteiger partial charge >= 0.3 is 0 Å². The minimum Gasteiger partial charge on any atom is -0.494 e.